The lowest BCUT2D eigenvalue weighted by Gasteiger charge is -2.39. The highest BCUT2D eigenvalue weighted by molar-refractivity contribution is 6.27. The van der Waals surface area contributed by atoms with E-state index in [-0.39, 0.29) is 41.5 Å². The molecule has 2 amide bonds. The molecule has 4 rings (SSSR count). The number of rotatable bonds is 7. The van der Waals surface area contributed by atoms with Gasteiger partial charge in [-0.3, -0.25) is 24.2 Å². The average molecular weight is 540 g/mol. The lowest BCUT2D eigenvalue weighted by Crippen LogP contribution is -2.57. The van der Waals surface area contributed by atoms with Crippen LogP contribution in [-0.2, 0) is 9.59 Å². The second kappa shape index (κ2) is 12.9. The summed E-state index contributed by atoms with van der Waals surface area (Å²) in [5.74, 6) is -0.0825. The summed E-state index contributed by atoms with van der Waals surface area (Å²) < 4.78 is 0. The molecule has 3 heterocycles. The first kappa shape index (κ1) is 28.4. The highest BCUT2D eigenvalue weighted by atomic mass is 35.5. The minimum Gasteiger partial charge on any atom is -0.483 e. The number of aromatic amines is 1. The molecule has 1 aliphatic rings. The zero-order valence-corrected chi connectivity index (χ0v) is 22.1. The second-order valence-electron chi connectivity index (χ2n) is 9.12. The topological polar surface area (TPSA) is 144 Å². The third kappa shape index (κ3) is 6.98. The zero-order valence-electron chi connectivity index (χ0n) is 21.3. The van der Waals surface area contributed by atoms with E-state index in [1.807, 2.05) is 25.1 Å². The molecule has 1 fully saturated rings. The lowest BCUT2D eigenvalue weighted by molar-refractivity contribution is -0.132. The number of alkyl halides is 1. The molecule has 0 atom stereocenters. The fraction of sp³-hybridized carbons (Fsp3) is 0.296. The van der Waals surface area contributed by atoms with Crippen molar-refractivity contribution in [1.82, 2.24) is 14.9 Å². The molecule has 0 bridgehead atoms. The summed E-state index contributed by atoms with van der Waals surface area (Å²) in [5.41, 5.74) is 4.94. The predicted molar refractivity (Wildman–Crippen MR) is 147 cm³/mol. The van der Waals surface area contributed by atoms with Gasteiger partial charge in [-0.15, -0.1) is 11.6 Å². The van der Waals surface area contributed by atoms with Crippen LogP contribution >= 0.6 is 11.6 Å². The Balaban J connectivity index is 0.00000127. The maximum Gasteiger partial charge on any atom is 0.290 e. The lowest BCUT2D eigenvalue weighted by atomic mass is 9.97. The van der Waals surface area contributed by atoms with Gasteiger partial charge in [-0.25, -0.2) is 0 Å². The van der Waals surface area contributed by atoms with E-state index < -0.39 is 0 Å². The second-order valence-corrected chi connectivity index (χ2v) is 9.39. The highest BCUT2D eigenvalue weighted by Crippen LogP contribution is 2.24. The van der Waals surface area contributed by atoms with Crippen LogP contribution in [0.25, 0.3) is 11.1 Å². The summed E-state index contributed by atoms with van der Waals surface area (Å²) in [5, 5.41) is 13.0. The van der Waals surface area contributed by atoms with Gasteiger partial charge in [-0.05, 0) is 59.9 Å². The molecule has 0 saturated carbocycles. The number of benzene rings is 1. The molecule has 200 valence electrons. The van der Waals surface area contributed by atoms with Crippen molar-refractivity contribution in [2.75, 3.05) is 29.6 Å². The predicted octanol–water partition coefficient (Wildman–Crippen LogP) is 3.68. The van der Waals surface area contributed by atoms with Crippen LogP contribution in [0.5, 0.6) is 0 Å². The number of halogens is 1. The van der Waals surface area contributed by atoms with Crippen LogP contribution in [0.2, 0.25) is 0 Å². The minimum atomic E-state index is -0.315. The fourth-order valence-corrected chi connectivity index (χ4v) is 4.34. The Morgan fingerprint density at radius 1 is 1.21 bits per heavy atom. The van der Waals surface area contributed by atoms with E-state index in [4.69, 9.17) is 21.5 Å². The molecule has 0 aliphatic carbocycles. The van der Waals surface area contributed by atoms with Crippen LogP contribution in [0.1, 0.15) is 41.4 Å². The number of carbonyl (C=O) groups is 3. The molecule has 11 heteroatoms. The van der Waals surface area contributed by atoms with Gasteiger partial charge in [0, 0.05) is 36.7 Å². The van der Waals surface area contributed by atoms with Crippen molar-refractivity contribution < 1.29 is 19.5 Å². The monoisotopic (exact) mass is 539 g/mol. The van der Waals surface area contributed by atoms with E-state index in [0.29, 0.717) is 30.4 Å². The molecule has 2 aromatic heterocycles. The number of pyridine rings is 2. The van der Waals surface area contributed by atoms with Crippen molar-refractivity contribution >= 4 is 41.3 Å². The number of carboxylic acid groups (broad SMARTS) is 1. The minimum absolute atomic E-state index is 0.0252. The van der Waals surface area contributed by atoms with E-state index in [9.17, 15) is 14.4 Å². The van der Waals surface area contributed by atoms with Crippen LogP contribution in [0.3, 0.4) is 0 Å². The van der Waals surface area contributed by atoms with Gasteiger partial charge in [0.2, 0.25) is 5.91 Å². The first-order chi connectivity index (χ1) is 18.2. The first-order valence-corrected chi connectivity index (χ1v) is 12.5. The Labute approximate surface area is 225 Å². The molecular weight excluding hydrogens is 510 g/mol. The third-order valence-electron chi connectivity index (χ3n) is 6.09. The van der Waals surface area contributed by atoms with Crippen molar-refractivity contribution in [2.45, 2.75) is 32.7 Å². The molecular formula is C27H30ClN5O5. The zero-order chi connectivity index (χ0) is 27.8. The summed E-state index contributed by atoms with van der Waals surface area (Å²) in [6, 6.07) is 11.1. The van der Waals surface area contributed by atoms with E-state index in [1.54, 1.807) is 35.5 Å². The van der Waals surface area contributed by atoms with Crippen LogP contribution < -0.4 is 16.2 Å². The summed E-state index contributed by atoms with van der Waals surface area (Å²) in [4.78, 5) is 53.8. The number of hydrogen-bond acceptors (Lipinski definition) is 6. The van der Waals surface area contributed by atoms with Gasteiger partial charge in [-0.1, -0.05) is 19.9 Å². The van der Waals surface area contributed by atoms with E-state index in [0.717, 1.165) is 16.7 Å². The van der Waals surface area contributed by atoms with Gasteiger partial charge < -0.3 is 25.6 Å². The maximum absolute atomic E-state index is 12.9. The summed E-state index contributed by atoms with van der Waals surface area (Å²) in [6.45, 7) is 7.04. The van der Waals surface area contributed by atoms with Crippen molar-refractivity contribution in [3.8, 4) is 11.1 Å². The van der Waals surface area contributed by atoms with Gasteiger partial charge in [0.05, 0.1) is 6.04 Å². The Hall–Kier alpha value is -4.18. The third-order valence-corrected chi connectivity index (χ3v) is 6.32. The van der Waals surface area contributed by atoms with Gasteiger partial charge in [-0.2, -0.15) is 0 Å². The normalized spacial score (nSPS) is 12.7. The molecule has 4 N–H and O–H groups in total. The number of nitrogens with one attached hydrogen (secondary N) is 3. The number of H-pyrrole nitrogens is 1. The van der Waals surface area contributed by atoms with Crippen molar-refractivity contribution in [2.24, 2.45) is 0 Å². The van der Waals surface area contributed by atoms with Crippen LogP contribution in [0.4, 0.5) is 11.4 Å². The molecule has 1 aromatic carbocycles. The van der Waals surface area contributed by atoms with E-state index in [1.165, 1.54) is 5.56 Å². The van der Waals surface area contributed by atoms with E-state index in [2.05, 4.69) is 34.4 Å². The average Bonchev–Trinajstić information content (AvgIpc) is 2.87. The highest BCUT2D eigenvalue weighted by Gasteiger charge is 2.30. The Kier molecular flexibility index (Phi) is 9.61. The van der Waals surface area contributed by atoms with Gasteiger partial charge in [0.1, 0.15) is 17.3 Å². The largest absolute Gasteiger partial charge is 0.483 e. The molecule has 3 aromatic rings. The maximum atomic E-state index is 12.9. The van der Waals surface area contributed by atoms with Gasteiger partial charge in [0.25, 0.3) is 17.9 Å². The summed E-state index contributed by atoms with van der Waals surface area (Å²) in [6.07, 6.45) is 3.17. The molecule has 0 radical (unpaired) electrons. The van der Waals surface area contributed by atoms with E-state index >= 15 is 0 Å². The Bertz CT molecular complexity index is 1370. The van der Waals surface area contributed by atoms with Gasteiger partial charge >= 0.3 is 0 Å². The molecule has 0 unspecified atom stereocenters. The van der Waals surface area contributed by atoms with Crippen LogP contribution in [0.15, 0.2) is 53.6 Å². The number of carbonyl (C=O) groups excluding carboxylic acids is 2. The molecule has 10 nitrogen and oxygen atoms in total. The number of amides is 2. The van der Waals surface area contributed by atoms with Crippen molar-refractivity contribution in [3.05, 3.63) is 76.0 Å². The standard InChI is InChI=1S/C26H28ClN5O3.CH2O2/c1-15(2)21-5-4-19(8-16(21)3)31-26(35)22-9-17(6-7-28-22)18-10-23(25(34)29-12-18)30-20-13-32(14-20)24(33)11-27;2-1-3/h4-10,12,15,20,30H,11,13-14H2,1-3H3,(H,29,34)(H,31,35);1H,(H,2,3). The molecule has 1 aliphatic heterocycles. The summed E-state index contributed by atoms with van der Waals surface area (Å²) >= 11 is 5.59. The fourth-order valence-electron chi connectivity index (χ4n) is 4.17. The number of aromatic nitrogens is 2. The molecule has 0 spiro atoms. The van der Waals surface area contributed by atoms with Crippen molar-refractivity contribution in [3.63, 3.8) is 0 Å². The van der Waals surface area contributed by atoms with Crippen LogP contribution in [0, 0.1) is 6.92 Å². The number of aryl methyl sites for hydroxylation is 1. The molecule has 1 saturated heterocycles. The SMILES string of the molecule is Cc1cc(NC(=O)c2cc(-c3c[nH]c(=O)c(NC4CN(C(=O)CCl)C4)c3)ccn2)ccc1C(C)C.O=CO. The molecule has 38 heavy (non-hydrogen) atoms. The number of anilines is 2. The Morgan fingerprint density at radius 2 is 1.92 bits per heavy atom. The van der Waals surface area contributed by atoms with Crippen LogP contribution in [-0.4, -0.2) is 63.3 Å². The quantitative estimate of drug-likeness (QED) is 0.265. The van der Waals surface area contributed by atoms with Crippen molar-refractivity contribution in [1.29, 1.82) is 0 Å². The number of hydrogen-bond donors (Lipinski definition) is 4. The Morgan fingerprint density at radius 3 is 2.55 bits per heavy atom. The summed E-state index contributed by atoms with van der Waals surface area (Å²) in [7, 11) is 0. The number of likely N-dealkylation sites (tertiary alicyclic amines) is 1. The smallest absolute Gasteiger partial charge is 0.290 e. The van der Waals surface area contributed by atoms with Gasteiger partial charge in [0.15, 0.2) is 0 Å². The first-order valence-electron chi connectivity index (χ1n) is 12.0. The number of nitrogens with zero attached hydrogens (tertiary/aromatic N) is 2.